The summed E-state index contributed by atoms with van der Waals surface area (Å²) in [5, 5.41) is 14.3. The van der Waals surface area contributed by atoms with Gasteiger partial charge in [-0.15, -0.1) is 0 Å². The minimum atomic E-state index is -0.846. The summed E-state index contributed by atoms with van der Waals surface area (Å²) in [5.74, 6) is -1.53. The predicted octanol–water partition coefficient (Wildman–Crippen LogP) is 3.41. The maximum atomic E-state index is 12.7. The summed E-state index contributed by atoms with van der Waals surface area (Å²) in [6, 6.07) is 13.5. The average Bonchev–Trinajstić information content (AvgIpc) is 2.65. The Bertz CT molecular complexity index is 827. The molecule has 28 heavy (non-hydrogen) atoms. The van der Waals surface area contributed by atoms with E-state index in [1.807, 2.05) is 32.9 Å². The largest absolute Gasteiger partial charge is 0.481 e. The molecular formula is C22H26N2O4. The predicted molar refractivity (Wildman–Crippen MR) is 108 cm³/mol. The number of carbonyl (C=O) groups excluding carboxylic acids is 2. The molecule has 0 bridgehead atoms. The first-order valence-corrected chi connectivity index (χ1v) is 9.25. The lowest BCUT2D eigenvalue weighted by atomic mass is 10.0. The Balaban J connectivity index is 2.01. The molecule has 0 aromatic heterocycles. The van der Waals surface area contributed by atoms with Crippen molar-refractivity contribution >= 4 is 23.5 Å². The van der Waals surface area contributed by atoms with Gasteiger partial charge in [-0.3, -0.25) is 14.4 Å². The van der Waals surface area contributed by atoms with Crippen LogP contribution < -0.4 is 10.6 Å². The van der Waals surface area contributed by atoms with Crippen molar-refractivity contribution in [3.05, 3.63) is 65.2 Å². The van der Waals surface area contributed by atoms with Crippen LogP contribution in [0.15, 0.2) is 48.5 Å². The molecule has 2 aromatic rings. The molecule has 0 saturated carbocycles. The fourth-order valence-corrected chi connectivity index (χ4v) is 2.69. The lowest BCUT2D eigenvalue weighted by molar-refractivity contribution is -0.137. The van der Waals surface area contributed by atoms with Gasteiger partial charge in [0.15, 0.2) is 0 Å². The molecule has 6 nitrogen and oxygen atoms in total. The summed E-state index contributed by atoms with van der Waals surface area (Å²) in [6.07, 6.45) is 0.497. The van der Waals surface area contributed by atoms with E-state index in [2.05, 4.69) is 10.6 Å². The number of carbonyl (C=O) groups is 3. The van der Waals surface area contributed by atoms with Crippen molar-refractivity contribution in [1.29, 1.82) is 0 Å². The zero-order valence-corrected chi connectivity index (χ0v) is 16.4. The molecule has 0 fully saturated rings. The van der Waals surface area contributed by atoms with Crippen molar-refractivity contribution < 1.29 is 19.5 Å². The minimum absolute atomic E-state index is 0.0617. The van der Waals surface area contributed by atoms with Gasteiger partial charge in [-0.1, -0.05) is 43.7 Å². The van der Waals surface area contributed by atoms with E-state index in [1.54, 1.807) is 36.4 Å². The average molecular weight is 382 g/mol. The molecule has 0 saturated heterocycles. The number of aliphatic carboxylic acids is 1. The Hall–Kier alpha value is -3.15. The van der Waals surface area contributed by atoms with Crippen LogP contribution in [-0.4, -0.2) is 28.9 Å². The quantitative estimate of drug-likeness (QED) is 0.652. The smallest absolute Gasteiger partial charge is 0.303 e. The van der Waals surface area contributed by atoms with Gasteiger partial charge in [0.05, 0.1) is 0 Å². The number of benzene rings is 2. The number of amides is 2. The first-order chi connectivity index (χ1) is 13.3. The third kappa shape index (κ3) is 6.23. The van der Waals surface area contributed by atoms with Crippen LogP contribution in [0.4, 0.5) is 5.69 Å². The second-order valence-electron chi connectivity index (χ2n) is 7.14. The van der Waals surface area contributed by atoms with Crippen LogP contribution in [0.3, 0.4) is 0 Å². The van der Waals surface area contributed by atoms with Crippen molar-refractivity contribution in [3.8, 4) is 0 Å². The van der Waals surface area contributed by atoms with Crippen molar-refractivity contribution in [2.24, 2.45) is 5.92 Å². The molecule has 1 unspecified atom stereocenters. The highest BCUT2D eigenvalue weighted by Crippen LogP contribution is 2.14. The van der Waals surface area contributed by atoms with Gasteiger partial charge in [-0.05, 0) is 49.1 Å². The standard InChI is InChI=1S/C22H26N2O4/c1-14(2)20(24-21(27)17-9-4-15(3)5-10-17)22(28)23-18-11-6-16(7-12-18)8-13-19(25)26/h4-7,9-12,14,20H,8,13H2,1-3H3,(H,23,28)(H,24,27)(H,25,26). The summed E-state index contributed by atoms with van der Waals surface area (Å²) in [5.41, 5.74) is 3.04. The number of anilines is 1. The van der Waals surface area contributed by atoms with Gasteiger partial charge in [0, 0.05) is 17.7 Å². The van der Waals surface area contributed by atoms with Crippen molar-refractivity contribution in [1.82, 2.24) is 5.32 Å². The van der Waals surface area contributed by atoms with Crippen molar-refractivity contribution in [2.75, 3.05) is 5.32 Å². The van der Waals surface area contributed by atoms with Gasteiger partial charge < -0.3 is 15.7 Å². The second kappa shape index (κ2) is 9.69. The molecule has 2 rings (SSSR count). The number of rotatable bonds is 8. The Morgan fingerprint density at radius 2 is 1.57 bits per heavy atom. The van der Waals surface area contributed by atoms with Crippen molar-refractivity contribution in [2.45, 2.75) is 39.7 Å². The summed E-state index contributed by atoms with van der Waals surface area (Å²) in [7, 11) is 0. The summed E-state index contributed by atoms with van der Waals surface area (Å²) in [4.78, 5) is 35.8. The second-order valence-corrected chi connectivity index (χ2v) is 7.14. The molecule has 6 heteroatoms. The van der Waals surface area contributed by atoms with Gasteiger partial charge in [0.1, 0.15) is 6.04 Å². The monoisotopic (exact) mass is 382 g/mol. The Kier molecular flexibility index (Phi) is 7.32. The van der Waals surface area contributed by atoms with E-state index in [0.717, 1.165) is 11.1 Å². The minimum Gasteiger partial charge on any atom is -0.481 e. The number of aryl methyl sites for hydroxylation is 2. The van der Waals surface area contributed by atoms with E-state index in [-0.39, 0.29) is 24.2 Å². The van der Waals surface area contributed by atoms with E-state index in [4.69, 9.17) is 5.11 Å². The van der Waals surface area contributed by atoms with Crippen LogP contribution in [0.1, 0.15) is 41.8 Å². The molecule has 0 radical (unpaired) electrons. The third-order valence-electron chi connectivity index (χ3n) is 4.40. The summed E-state index contributed by atoms with van der Waals surface area (Å²) < 4.78 is 0. The molecule has 148 valence electrons. The number of hydrogen-bond donors (Lipinski definition) is 3. The molecule has 3 N–H and O–H groups in total. The Morgan fingerprint density at radius 1 is 0.964 bits per heavy atom. The third-order valence-corrected chi connectivity index (χ3v) is 4.40. The lowest BCUT2D eigenvalue weighted by Gasteiger charge is -2.22. The zero-order valence-electron chi connectivity index (χ0n) is 16.4. The topological polar surface area (TPSA) is 95.5 Å². The van der Waals surface area contributed by atoms with Gasteiger partial charge in [0.2, 0.25) is 5.91 Å². The Labute approximate surface area is 165 Å². The van der Waals surface area contributed by atoms with E-state index < -0.39 is 12.0 Å². The van der Waals surface area contributed by atoms with Gasteiger partial charge in [0.25, 0.3) is 5.91 Å². The summed E-state index contributed by atoms with van der Waals surface area (Å²) >= 11 is 0. The number of nitrogens with one attached hydrogen (secondary N) is 2. The van der Waals surface area contributed by atoms with Crippen LogP contribution >= 0.6 is 0 Å². The molecule has 0 aliphatic rings. The SMILES string of the molecule is Cc1ccc(C(=O)NC(C(=O)Nc2ccc(CCC(=O)O)cc2)C(C)C)cc1. The number of hydrogen-bond acceptors (Lipinski definition) is 3. The fourth-order valence-electron chi connectivity index (χ4n) is 2.69. The molecule has 1 atom stereocenters. The van der Waals surface area contributed by atoms with Crippen LogP contribution in [0.2, 0.25) is 0 Å². The van der Waals surface area contributed by atoms with E-state index in [0.29, 0.717) is 17.7 Å². The van der Waals surface area contributed by atoms with Gasteiger partial charge in [-0.25, -0.2) is 0 Å². The van der Waals surface area contributed by atoms with Gasteiger partial charge >= 0.3 is 5.97 Å². The lowest BCUT2D eigenvalue weighted by Crippen LogP contribution is -2.47. The van der Waals surface area contributed by atoms with Crippen LogP contribution in [0, 0.1) is 12.8 Å². The molecular weight excluding hydrogens is 356 g/mol. The normalized spacial score (nSPS) is 11.7. The van der Waals surface area contributed by atoms with Crippen LogP contribution in [0.25, 0.3) is 0 Å². The highest BCUT2D eigenvalue weighted by molar-refractivity contribution is 6.01. The first-order valence-electron chi connectivity index (χ1n) is 9.25. The molecule has 2 aromatic carbocycles. The summed E-state index contributed by atoms with van der Waals surface area (Å²) in [6.45, 7) is 5.68. The highest BCUT2D eigenvalue weighted by atomic mass is 16.4. The number of carboxylic acids is 1. The van der Waals surface area contributed by atoms with Crippen LogP contribution in [0.5, 0.6) is 0 Å². The maximum absolute atomic E-state index is 12.7. The Morgan fingerprint density at radius 3 is 2.11 bits per heavy atom. The van der Waals surface area contributed by atoms with Crippen molar-refractivity contribution in [3.63, 3.8) is 0 Å². The fraction of sp³-hybridized carbons (Fsp3) is 0.318. The highest BCUT2D eigenvalue weighted by Gasteiger charge is 2.24. The molecule has 2 amide bonds. The maximum Gasteiger partial charge on any atom is 0.303 e. The number of carboxylic acid groups (broad SMARTS) is 1. The first kappa shape index (κ1) is 21.2. The van der Waals surface area contributed by atoms with E-state index >= 15 is 0 Å². The van der Waals surface area contributed by atoms with E-state index in [1.165, 1.54) is 0 Å². The molecule has 0 spiro atoms. The zero-order chi connectivity index (χ0) is 20.7. The molecule has 0 aliphatic heterocycles. The molecule has 0 heterocycles. The van der Waals surface area contributed by atoms with E-state index in [9.17, 15) is 14.4 Å². The van der Waals surface area contributed by atoms with Crippen LogP contribution in [-0.2, 0) is 16.0 Å². The molecule has 0 aliphatic carbocycles. The van der Waals surface area contributed by atoms with Gasteiger partial charge in [-0.2, -0.15) is 0 Å².